The molecule has 2 heterocycles. The van der Waals surface area contributed by atoms with E-state index in [1.54, 1.807) is 12.1 Å². The first kappa shape index (κ1) is 17.7. The van der Waals surface area contributed by atoms with Crippen LogP contribution in [-0.2, 0) is 0 Å². The summed E-state index contributed by atoms with van der Waals surface area (Å²) in [6.07, 6.45) is 1.81. The summed E-state index contributed by atoms with van der Waals surface area (Å²) < 4.78 is 0. The number of carbonyl (C=O) groups is 1. The Bertz CT molecular complexity index is 908. The summed E-state index contributed by atoms with van der Waals surface area (Å²) in [5.41, 5.74) is 1.70. The number of nitrogens with zero attached hydrogens (tertiary/aromatic N) is 2. The minimum absolute atomic E-state index is 0. The monoisotopic (exact) mass is 308 g/mol. The van der Waals surface area contributed by atoms with Gasteiger partial charge in [-0.15, -0.1) is 0 Å². The molecule has 5 heteroatoms. The standard InChI is InChI=1S/C10H7NO2.C9H7N.Li/c12-10(13)9-6-5-7-3-1-2-4-8(7)11-9;1-2-6-9-8(4-1)5-3-7-10-9;/h1-6H,(H,12,13);1-7H;/q;;+1/p-1. The number of carboxylic acid groups (broad SMARTS) is 1. The van der Waals surface area contributed by atoms with Crippen molar-refractivity contribution in [2.24, 2.45) is 0 Å². The van der Waals surface area contributed by atoms with Crippen molar-refractivity contribution in [1.82, 2.24) is 9.97 Å². The molecular weight excluding hydrogens is 295 g/mol. The van der Waals surface area contributed by atoms with E-state index in [1.807, 2.05) is 48.7 Å². The van der Waals surface area contributed by atoms with E-state index in [0.717, 1.165) is 10.9 Å². The van der Waals surface area contributed by atoms with E-state index < -0.39 is 5.97 Å². The third-order valence-corrected chi connectivity index (χ3v) is 3.32. The number of fused-ring (bicyclic) bond motifs is 2. The third-order valence-electron chi connectivity index (χ3n) is 3.32. The number of aromatic nitrogens is 2. The fourth-order valence-corrected chi connectivity index (χ4v) is 2.20. The number of benzene rings is 2. The summed E-state index contributed by atoms with van der Waals surface area (Å²) in [5.74, 6) is -1.24. The minimum atomic E-state index is -1.24. The van der Waals surface area contributed by atoms with Crippen molar-refractivity contribution < 1.29 is 28.8 Å². The van der Waals surface area contributed by atoms with Crippen LogP contribution in [0.4, 0.5) is 0 Å². The molecule has 0 bridgehead atoms. The molecule has 0 spiro atoms. The second-order valence-corrected chi connectivity index (χ2v) is 4.87. The Morgan fingerprint density at radius 3 is 2.00 bits per heavy atom. The van der Waals surface area contributed by atoms with Gasteiger partial charge in [0, 0.05) is 17.0 Å². The van der Waals surface area contributed by atoms with Gasteiger partial charge in [0.05, 0.1) is 22.7 Å². The van der Waals surface area contributed by atoms with Crippen molar-refractivity contribution in [3.63, 3.8) is 0 Å². The number of rotatable bonds is 1. The summed E-state index contributed by atoms with van der Waals surface area (Å²) in [4.78, 5) is 18.6. The Morgan fingerprint density at radius 1 is 0.750 bits per heavy atom. The Hall–Kier alpha value is -2.67. The molecule has 0 radical (unpaired) electrons. The molecule has 0 unspecified atom stereocenters. The van der Waals surface area contributed by atoms with Crippen LogP contribution in [0.3, 0.4) is 0 Å². The molecule has 0 fully saturated rings. The zero-order valence-corrected chi connectivity index (χ0v) is 13.2. The quantitative estimate of drug-likeness (QED) is 0.458. The van der Waals surface area contributed by atoms with E-state index in [4.69, 9.17) is 0 Å². The van der Waals surface area contributed by atoms with Gasteiger partial charge in [-0.25, -0.2) is 4.98 Å². The summed E-state index contributed by atoms with van der Waals surface area (Å²) in [6, 6.07) is 22.6. The second kappa shape index (κ2) is 8.26. The molecule has 0 aliphatic rings. The summed E-state index contributed by atoms with van der Waals surface area (Å²) in [7, 11) is 0. The number of pyridine rings is 2. The molecule has 0 atom stereocenters. The summed E-state index contributed by atoms with van der Waals surface area (Å²) >= 11 is 0. The molecule has 112 valence electrons. The number of carboxylic acids is 1. The zero-order valence-electron chi connectivity index (χ0n) is 13.2. The van der Waals surface area contributed by atoms with Gasteiger partial charge in [-0.1, -0.05) is 48.5 Å². The average Bonchev–Trinajstić information content (AvgIpc) is 2.62. The molecule has 0 aliphatic carbocycles. The van der Waals surface area contributed by atoms with Gasteiger partial charge in [-0.05, 0) is 24.3 Å². The Labute approximate surface area is 151 Å². The van der Waals surface area contributed by atoms with Gasteiger partial charge in [0.1, 0.15) is 0 Å². The molecule has 0 aliphatic heterocycles. The molecule has 0 N–H and O–H groups in total. The maximum atomic E-state index is 10.5. The van der Waals surface area contributed by atoms with Gasteiger partial charge in [0.25, 0.3) is 0 Å². The molecule has 0 saturated carbocycles. The van der Waals surface area contributed by atoms with Gasteiger partial charge < -0.3 is 9.90 Å². The smallest absolute Gasteiger partial charge is 0.543 e. The van der Waals surface area contributed by atoms with E-state index >= 15 is 0 Å². The zero-order chi connectivity index (χ0) is 16.1. The number of carbonyl (C=O) groups excluding carboxylic acids is 1. The van der Waals surface area contributed by atoms with Crippen LogP contribution < -0.4 is 24.0 Å². The van der Waals surface area contributed by atoms with Gasteiger partial charge in [-0.3, -0.25) is 4.98 Å². The van der Waals surface area contributed by atoms with Crippen LogP contribution in [0, 0.1) is 0 Å². The van der Waals surface area contributed by atoms with Crippen molar-refractivity contribution in [2.45, 2.75) is 0 Å². The first-order valence-corrected chi connectivity index (χ1v) is 7.11. The normalized spacial score (nSPS) is 9.67. The molecule has 0 saturated heterocycles. The Morgan fingerprint density at radius 2 is 1.33 bits per heavy atom. The van der Waals surface area contributed by atoms with E-state index in [9.17, 15) is 9.90 Å². The Kier molecular flexibility index (Phi) is 6.08. The summed E-state index contributed by atoms with van der Waals surface area (Å²) in [6.45, 7) is 0. The molecule has 24 heavy (non-hydrogen) atoms. The fraction of sp³-hybridized carbons (Fsp3) is 0. The van der Waals surface area contributed by atoms with Gasteiger partial charge in [-0.2, -0.15) is 0 Å². The van der Waals surface area contributed by atoms with E-state index in [1.165, 1.54) is 11.5 Å². The minimum Gasteiger partial charge on any atom is -0.543 e. The van der Waals surface area contributed by atoms with Crippen LogP contribution in [-0.4, -0.2) is 15.9 Å². The van der Waals surface area contributed by atoms with Crippen LogP contribution in [0.5, 0.6) is 0 Å². The predicted octanol–water partition coefficient (Wildman–Crippen LogP) is -0.163. The van der Waals surface area contributed by atoms with Crippen LogP contribution in [0.2, 0.25) is 0 Å². The van der Waals surface area contributed by atoms with Crippen molar-refractivity contribution in [3.05, 3.63) is 84.7 Å². The van der Waals surface area contributed by atoms with Crippen molar-refractivity contribution in [2.75, 3.05) is 0 Å². The number of aromatic carboxylic acids is 1. The van der Waals surface area contributed by atoms with E-state index in [-0.39, 0.29) is 24.6 Å². The molecule has 4 nitrogen and oxygen atoms in total. The maximum absolute atomic E-state index is 10.5. The SMILES string of the molecule is O=C([O-])c1ccc2ccccc2n1.[Li+].c1ccc2ncccc2c1. The van der Waals surface area contributed by atoms with E-state index in [2.05, 4.69) is 22.1 Å². The van der Waals surface area contributed by atoms with Crippen LogP contribution in [0.15, 0.2) is 79.0 Å². The molecule has 2 aromatic heterocycles. The third kappa shape index (κ3) is 4.20. The first-order valence-electron chi connectivity index (χ1n) is 7.11. The molecule has 4 rings (SSSR count). The second-order valence-electron chi connectivity index (χ2n) is 4.87. The topological polar surface area (TPSA) is 65.9 Å². The molecule has 4 aromatic rings. The van der Waals surface area contributed by atoms with Crippen molar-refractivity contribution >= 4 is 27.8 Å². The molecular formula is C19H13LiN2O2. The number of hydrogen-bond donors (Lipinski definition) is 0. The molecule has 2 aromatic carbocycles. The Balaban J connectivity index is 0.000000172. The van der Waals surface area contributed by atoms with Gasteiger partial charge in [0.2, 0.25) is 0 Å². The fourth-order valence-electron chi connectivity index (χ4n) is 2.20. The first-order chi connectivity index (χ1) is 11.2. The predicted molar refractivity (Wildman–Crippen MR) is 87.8 cm³/mol. The van der Waals surface area contributed by atoms with Crippen molar-refractivity contribution in [3.8, 4) is 0 Å². The van der Waals surface area contributed by atoms with Crippen molar-refractivity contribution in [1.29, 1.82) is 0 Å². The summed E-state index contributed by atoms with van der Waals surface area (Å²) in [5, 5.41) is 12.6. The van der Waals surface area contributed by atoms with E-state index in [0.29, 0.717) is 5.52 Å². The molecule has 0 amide bonds. The van der Waals surface area contributed by atoms with Gasteiger partial charge in [0.15, 0.2) is 0 Å². The van der Waals surface area contributed by atoms with Crippen LogP contribution in [0.1, 0.15) is 10.5 Å². The maximum Gasteiger partial charge on any atom is 1.00 e. The number of para-hydroxylation sites is 2. The van der Waals surface area contributed by atoms with Gasteiger partial charge >= 0.3 is 18.9 Å². The number of hydrogen-bond acceptors (Lipinski definition) is 4. The van der Waals surface area contributed by atoms with Crippen LogP contribution in [0.25, 0.3) is 21.8 Å². The average molecular weight is 308 g/mol. The largest absolute Gasteiger partial charge is 1.00 e. The van der Waals surface area contributed by atoms with Crippen LogP contribution >= 0.6 is 0 Å².